The van der Waals surface area contributed by atoms with Crippen LogP contribution in [0.1, 0.15) is 25.0 Å². The van der Waals surface area contributed by atoms with E-state index in [-0.39, 0.29) is 11.9 Å². The predicted octanol–water partition coefficient (Wildman–Crippen LogP) is 6.48. The van der Waals surface area contributed by atoms with E-state index in [1.54, 1.807) is 13.8 Å². The molecule has 3 aromatic rings. The van der Waals surface area contributed by atoms with Crippen LogP contribution in [0.4, 0.5) is 17.1 Å². The van der Waals surface area contributed by atoms with Crippen LogP contribution in [-0.4, -0.2) is 25.2 Å². The second-order valence-electron chi connectivity index (χ2n) is 8.34. The van der Waals surface area contributed by atoms with E-state index in [0.717, 1.165) is 28.2 Å². The normalized spacial score (nSPS) is 10.3. The van der Waals surface area contributed by atoms with Crippen molar-refractivity contribution < 1.29 is 19.1 Å². The number of hydrogen-bond donors (Lipinski definition) is 0. The lowest BCUT2D eigenvalue weighted by atomic mass is 10.1. The highest BCUT2D eigenvalue weighted by atomic mass is 16.5. The lowest BCUT2D eigenvalue weighted by molar-refractivity contribution is -0.139. The van der Waals surface area contributed by atoms with Crippen molar-refractivity contribution in [3.63, 3.8) is 0 Å². The highest BCUT2D eigenvalue weighted by Crippen LogP contribution is 2.34. The van der Waals surface area contributed by atoms with Crippen molar-refractivity contribution >= 4 is 29.0 Å². The minimum Gasteiger partial charge on any atom is -0.462 e. The average Bonchev–Trinajstić information content (AvgIpc) is 2.86. The maximum Gasteiger partial charge on any atom is 0.333 e. The third-order valence-corrected chi connectivity index (χ3v) is 5.35. The maximum atomic E-state index is 11.6. The van der Waals surface area contributed by atoms with E-state index in [1.165, 1.54) is 0 Å². The lowest BCUT2D eigenvalue weighted by Gasteiger charge is -2.26. The number of para-hydroxylation sites is 1. The third kappa shape index (κ3) is 7.44. The van der Waals surface area contributed by atoms with Crippen molar-refractivity contribution in [1.82, 2.24) is 0 Å². The standard InChI is InChI=1S/C30H31NO4/c1-22(2)29(32)34-20-18-24-10-14-27(15-11-24)31(26-8-6-5-7-9-26)28-16-12-25(13-17-28)19-21-35-30(33)23(3)4/h5-17H,1,3,18-21H2,2,4H3. The van der Waals surface area contributed by atoms with E-state index >= 15 is 0 Å². The average molecular weight is 470 g/mol. The first-order chi connectivity index (χ1) is 16.8. The molecular weight excluding hydrogens is 438 g/mol. The molecule has 0 aromatic heterocycles. The van der Waals surface area contributed by atoms with Crippen LogP contribution >= 0.6 is 0 Å². The van der Waals surface area contributed by atoms with Gasteiger partial charge in [-0.05, 0) is 61.4 Å². The maximum absolute atomic E-state index is 11.6. The Morgan fingerprint density at radius 1 is 0.629 bits per heavy atom. The molecule has 35 heavy (non-hydrogen) atoms. The number of carbonyl (C=O) groups is 2. The lowest BCUT2D eigenvalue weighted by Crippen LogP contribution is -2.11. The smallest absolute Gasteiger partial charge is 0.333 e. The molecule has 180 valence electrons. The van der Waals surface area contributed by atoms with Gasteiger partial charge >= 0.3 is 11.9 Å². The van der Waals surface area contributed by atoms with Gasteiger partial charge in [-0.25, -0.2) is 9.59 Å². The fraction of sp³-hybridized carbons (Fsp3) is 0.200. The molecule has 0 fully saturated rings. The van der Waals surface area contributed by atoms with Gasteiger partial charge in [-0.2, -0.15) is 0 Å². The molecular formula is C30H31NO4. The number of rotatable bonds is 11. The van der Waals surface area contributed by atoms with E-state index in [1.807, 2.05) is 42.5 Å². The summed E-state index contributed by atoms with van der Waals surface area (Å²) in [6.45, 7) is 11.1. The molecule has 3 aromatic carbocycles. The first-order valence-corrected chi connectivity index (χ1v) is 11.5. The van der Waals surface area contributed by atoms with E-state index in [4.69, 9.17) is 9.47 Å². The highest BCUT2D eigenvalue weighted by Gasteiger charge is 2.13. The number of ether oxygens (including phenoxy) is 2. The zero-order valence-corrected chi connectivity index (χ0v) is 20.3. The molecule has 0 amide bonds. The molecule has 0 atom stereocenters. The van der Waals surface area contributed by atoms with Gasteiger partial charge in [-0.3, -0.25) is 0 Å². The second kappa shape index (κ2) is 12.4. The van der Waals surface area contributed by atoms with Gasteiger partial charge < -0.3 is 14.4 Å². The summed E-state index contributed by atoms with van der Waals surface area (Å²) >= 11 is 0. The zero-order chi connectivity index (χ0) is 25.2. The van der Waals surface area contributed by atoms with Gasteiger partial charge in [-0.15, -0.1) is 0 Å². The molecule has 0 aliphatic carbocycles. The quantitative estimate of drug-likeness (QED) is 0.238. The van der Waals surface area contributed by atoms with Gasteiger partial charge in [0.25, 0.3) is 0 Å². The van der Waals surface area contributed by atoms with Gasteiger partial charge in [0.15, 0.2) is 0 Å². The van der Waals surface area contributed by atoms with E-state index < -0.39 is 0 Å². The molecule has 0 aliphatic heterocycles. The topological polar surface area (TPSA) is 55.8 Å². The van der Waals surface area contributed by atoms with Crippen LogP contribution in [0.15, 0.2) is 103 Å². The molecule has 0 spiro atoms. The zero-order valence-electron chi connectivity index (χ0n) is 20.3. The van der Waals surface area contributed by atoms with Crippen LogP contribution in [0.3, 0.4) is 0 Å². The Morgan fingerprint density at radius 2 is 1.00 bits per heavy atom. The van der Waals surface area contributed by atoms with Crippen LogP contribution < -0.4 is 4.90 Å². The van der Waals surface area contributed by atoms with Gasteiger partial charge in [0.1, 0.15) is 0 Å². The minimum absolute atomic E-state index is 0.316. The highest BCUT2D eigenvalue weighted by molar-refractivity contribution is 5.87. The van der Waals surface area contributed by atoms with Crippen LogP contribution in [0.5, 0.6) is 0 Å². The Morgan fingerprint density at radius 3 is 1.37 bits per heavy atom. The monoisotopic (exact) mass is 469 g/mol. The summed E-state index contributed by atoms with van der Waals surface area (Å²) in [5.41, 5.74) is 6.03. The number of esters is 2. The van der Waals surface area contributed by atoms with Crippen molar-refractivity contribution in [3.8, 4) is 0 Å². The van der Waals surface area contributed by atoms with Crippen LogP contribution in [0.2, 0.25) is 0 Å². The largest absolute Gasteiger partial charge is 0.462 e. The number of hydrogen-bond acceptors (Lipinski definition) is 5. The molecule has 5 heteroatoms. The molecule has 3 rings (SSSR count). The Kier molecular flexibility index (Phi) is 9.02. The summed E-state index contributed by atoms with van der Waals surface area (Å²) in [6.07, 6.45) is 1.27. The summed E-state index contributed by atoms with van der Waals surface area (Å²) in [5.74, 6) is -0.733. The molecule has 5 nitrogen and oxygen atoms in total. The summed E-state index contributed by atoms with van der Waals surface area (Å²) in [4.78, 5) is 25.3. The van der Waals surface area contributed by atoms with Gasteiger partial charge in [0.05, 0.1) is 13.2 Å². The summed E-state index contributed by atoms with van der Waals surface area (Å²) in [6, 6.07) is 26.6. The van der Waals surface area contributed by atoms with Crippen molar-refractivity contribution in [2.24, 2.45) is 0 Å². The number of benzene rings is 3. The Bertz CT molecular complexity index is 1090. The van der Waals surface area contributed by atoms with Crippen LogP contribution in [-0.2, 0) is 31.9 Å². The molecule has 0 aliphatic rings. The van der Waals surface area contributed by atoms with Crippen molar-refractivity contribution in [3.05, 3.63) is 114 Å². The van der Waals surface area contributed by atoms with Crippen LogP contribution in [0, 0.1) is 0 Å². The van der Waals surface area contributed by atoms with Crippen molar-refractivity contribution in [2.45, 2.75) is 26.7 Å². The van der Waals surface area contributed by atoms with Crippen molar-refractivity contribution in [2.75, 3.05) is 18.1 Å². The van der Waals surface area contributed by atoms with E-state index in [0.29, 0.717) is 37.2 Å². The first kappa shape index (κ1) is 25.5. The predicted molar refractivity (Wildman–Crippen MR) is 140 cm³/mol. The molecule has 0 unspecified atom stereocenters. The fourth-order valence-corrected chi connectivity index (χ4v) is 3.42. The van der Waals surface area contributed by atoms with E-state index in [2.05, 4.69) is 54.5 Å². The molecule has 0 N–H and O–H groups in total. The molecule has 0 radical (unpaired) electrons. The number of anilines is 3. The Hall–Kier alpha value is -4.12. The van der Waals surface area contributed by atoms with Crippen LogP contribution in [0.25, 0.3) is 0 Å². The van der Waals surface area contributed by atoms with E-state index in [9.17, 15) is 9.59 Å². The number of carbonyl (C=O) groups excluding carboxylic acids is 2. The SMILES string of the molecule is C=C(C)C(=O)OCCc1ccc(N(c2ccccc2)c2ccc(CCOC(=O)C(=C)C)cc2)cc1. The van der Waals surface area contributed by atoms with Gasteiger partial charge in [0.2, 0.25) is 0 Å². The minimum atomic E-state index is -0.366. The first-order valence-electron chi connectivity index (χ1n) is 11.5. The summed E-state index contributed by atoms with van der Waals surface area (Å²) in [5, 5.41) is 0. The fourth-order valence-electron chi connectivity index (χ4n) is 3.42. The molecule has 0 bridgehead atoms. The third-order valence-electron chi connectivity index (χ3n) is 5.35. The number of nitrogens with zero attached hydrogens (tertiary/aromatic N) is 1. The van der Waals surface area contributed by atoms with Crippen molar-refractivity contribution in [1.29, 1.82) is 0 Å². The summed E-state index contributed by atoms with van der Waals surface area (Å²) in [7, 11) is 0. The summed E-state index contributed by atoms with van der Waals surface area (Å²) < 4.78 is 10.4. The van der Waals surface area contributed by atoms with Gasteiger partial charge in [0, 0.05) is 41.1 Å². The van der Waals surface area contributed by atoms with Gasteiger partial charge in [-0.1, -0.05) is 55.6 Å². The molecule has 0 saturated carbocycles. The molecule has 0 heterocycles. The Balaban J connectivity index is 1.73. The second-order valence-corrected chi connectivity index (χ2v) is 8.34. The Labute approximate surface area is 207 Å². The molecule has 0 saturated heterocycles.